The molecule has 0 saturated heterocycles. The second-order valence-electron chi connectivity index (χ2n) is 5.49. The van der Waals surface area contributed by atoms with Crippen molar-refractivity contribution in [3.05, 3.63) is 64.7 Å². The van der Waals surface area contributed by atoms with Crippen molar-refractivity contribution in [2.45, 2.75) is 32.9 Å². The minimum absolute atomic E-state index is 0.0710. The van der Waals surface area contributed by atoms with E-state index in [-0.39, 0.29) is 5.91 Å². The van der Waals surface area contributed by atoms with Crippen LogP contribution in [0, 0.1) is 13.8 Å². The molecule has 1 amide bonds. The molecule has 116 valence electrons. The molecule has 0 radical (unpaired) electrons. The summed E-state index contributed by atoms with van der Waals surface area (Å²) in [5.41, 5.74) is 5.82. The molecule has 2 nitrogen and oxygen atoms in total. The summed E-state index contributed by atoms with van der Waals surface area (Å²) < 4.78 is 0. The third-order valence-electron chi connectivity index (χ3n) is 3.59. The van der Waals surface area contributed by atoms with Gasteiger partial charge in [0.2, 0.25) is 5.91 Å². The number of rotatable bonds is 6. The first-order valence-electron chi connectivity index (χ1n) is 7.61. The second-order valence-corrected chi connectivity index (χ2v) is 6.48. The molecular formula is C19H23NOS. The van der Waals surface area contributed by atoms with Gasteiger partial charge in [-0.1, -0.05) is 55.0 Å². The number of benzene rings is 2. The van der Waals surface area contributed by atoms with Crippen molar-refractivity contribution in [3.8, 4) is 0 Å². The van der Waals surface area contributed by atoms with Gasteiger partial charge in [-0.05, 0) is 37.0 Å². The summed E-state index contributed by atoms with van der Waals surface area (Å²) in [5, 5.41) is 3.07. The molecule has 0 aliphatic heterocycles. The van der Waals surface area contributed by atoms with Crippen LogP contribution in [-0.2, 0) is 17.0 Å². The molecule has 0 unspecified atom stereocenters. The third kappa shape index (κ3) is 4.63. The fraction of sp³-hybridized carbons (Fsp3) is 0.316. The summed E-state index contributed by atoms with van der Waals surface area (Å²) >= 11 is 1.65. The quantitative estimate of drug-likeness (QED) is 0.834. The molecule has 0 fully saturated rings. The molecule has 3 heteroatoms. The largest absolute Gasteiger partial charge is 0.325 e. The molecule has 0 aliphatic rings. The van der Waals surface area contributed by atoms with Crippen LogP contribution in [-0.4, -0.2) is 11.7 Å². The van der Waals surface area contributed by atoms with Crippen LogP contribution in [0.5, 0.6) is 0 Å². The minimum Gasteiger partial charge on any atom is -0.325 e. The average molecular weight is 313 g/mol. The van der Waals surface area contributed by atoms with Gasteiger partial charge in [-0.25, -0.2) is 0 Å². The van der Waals surface area contributed by atoms with Crippen molar-refractivity contribution in [1.82, 2.24) is 0 Å². The predicted octanol–water partition coefficient (Wildman–Crippen LogP) is 4.74. The summed E-state index contributed by atoms with van der Waals surface area (Å²) in [4.78, 5) is 12.2. The smallest absolute Gasteiger partial charge is 0.234 e. The summed E-state index contributed by atoms with van der Waals surface area (Å²) in [6.45, 7) is 6.23. The minimum atomic E-state index is 0.0710. The number of amides is 1. The Kier molecular flexibility index (Phi) is 6.08. The van der Waals surface area contributed by atoms with Crippen LogP contribution in [0.1, 0.15) is 29.2 Å². The number of hydrogen-bond donors (Lipinski definition) is 1. The number of carbonyl (C=O) groups is 1. The van der Waals surface area contributed by atoms with Gasteiger partial charge in [-0.2, -0.15) is 0 Å². The van der Waals surface area contributed by atoms with Gasteiger partial charge >= 0.3 is 0 Å². The van der Waals surface area contributed by atoms with Crippen LogP contribution < -0.4 is 5.32 Å². The van der Waals surface area contributed by atoms with Crippen LogP contribution >= 0.6 is 11.8 Å². The maximum Gasteiger partial charge on any atom is 0.234 e. The van der Waals surface area contributed by atoms with Gasteiger partial charge < -0.3 is 5.32 Å². The Labute approximate surface area is 137 Å². The van der Waals surface area contributed by atoms with E-state index in [0.29, 0.717) is 5.75 Å². The highest BCUT2D eigenvalue weighted by molar-refractivity contribution is 7.99. The van der Waals surface area contributed by atoms with Gasteiger partial charge in [-0.3, -0.25) is 4.79 Å². The first-order valence-corrected chi connectivity index (χ1v) is 8.77. The zero-order valence-electron chi connectivity index (χ0n) is 13.5. The zero-order chi connectivity index (χ0) is 15.9. The molecule has 22 heavy (non-hydrogen) atoms. The Morgan fingerprint density at radius 2 is 1.91 bits per heavy atom. The topological polar surface area (TPSA) is 29.1 Å². The number of thioether (sulfide) groups is 1. The number of aryl methyl sites for hydroxylation is 3. The van der Waals surface area contributed by atoms with Crippen LogP contribution in [0.2, 0.25) is 0 Å². The van der Waals surface area contributed by atoms with Gasteiger partial charge in [0, 0.05) is 11.4 Å². The normalized spacial score (nSPS) is 10.5. The van der Waals surface area contributed by atoms with Crippen LogP contribution in [0.25, 0.3) is 0 Å². The van der Waals surface area contributed by atoms with Crippen LogP contribution in [0.3, 0.4) is 0 Å². The van der Waals surface area contributed by atoms with E-state index in [2.05, 4.69) is 49.5 Å². The number of carbonyl (C=O) groups excluding carboxylic acids is 1. The fourth-order valence-electron chi connectivity index (χ4n) is 2.44. The van der Waals surface area contributed by atoms with Crippen LogP contribution in [0.15, 0.2) is 42.5 Å². The van der Waals surface area contributed by atoms with Gasteiger partial charge in [0.05, 0.1) is 5.75 Å². The first kappa shape index (κ1) is 16.6. The van der Waals surface area contributed by atoms with E-state index in [1.807, 2.05) is 19.1 Å². The summed E-state index contributed by atoms with van der Waals surface area (Å²) in [6.07, 6.45) is 0.924. The summed E-state index contributed by atoms with van der Waals surface area (Å²) in [6, 6.07) is 14.6. The standard InChI is InChI=1S/C19H23NOS/c1-4-17-10-6-8-15(3)19(17)20-18(21)13-22-12-16-9-5-7-14(2)11-16/h5-11H,4,12-13H2,1-3H3,(H,20,21). The SMILES string of the molecule is CCc1cccc(C)c1NC(=O)CSCc1cccc(C)c1. The Morgan fingerprint density at radius 1 is 1.14 bits per heavy atom. The van der Waals surface area contributed by atoms with Gasteiger partial charge in [0.1, 0.15) is 0 Å². The molecule has 0 heterocycles. The molecule has 0 atom stereocenters. The lowest BCUT2D eigenvalue weighted by atomic mass is 10.1. The van der Waals surface area contributed by atoms with Crippen LogP contribution in [0.4, 0.5) is 5.69 Å². The van der Waals surface area contributed by atoms with E-state index in [4.69, 9.17) is 0 Å². The fourth-order valence-corrected chi connectivity index (χ4v) is 3.22. The Balaban J connectivity index is 1.89. The van der Waals surface area contributed by atoms with Crippen molar-refractivity contribution >= 4 is 23.4 Å². The molecule has 0 saturated carbocycles. The number of para-hydroxylation sites is 1. The van der Waals surface area contributed by atoms with Gasteiger partial charge in [0.15, 0.2) is 0 Å². The van der Waals surface area contributed by atoms with E-state index in [1.54, 1.807) is 11.8 Å². The molecule has 2 aromatic carbocycles. The average Bonchev–Trinajstić information content (AvgIpc) is 2.49. The monoisotopic (exact) mass is 313 g/mol. The highest BCUT2D eigenvalue weighted by atomic mass is 32.2. The Hall–Kier alpha value is -1.74. The van der Waals surface area contributed by atoms with E-state index in [1.165, 1.54) is 16.7 Å². The van der Waals surface area contributed by atoms with E-state index >= 15 is 0 Å². The van der Waals surface area contributed by atoms with Crippen molar-refractivity contribution in [1.29, 1.82) is 0 Å². The lowest BCUT2D eigenvalue weighted by Gasteiger charge is -2.12. The second kappa shape index (κ2) is 8.04. The number of hydrogen-bond acceptors (Lipinski definition) is 2. The van der Waals surface area contributed by atoms with E-state index in [0.717, 1.165) is 23.4 Å². The lowest BCUT2D eigenvalue weighted by molar-refractivity contribution is -0.113. The molecular weight excluding hydrogens is 290 g/mol. The maximum atomic E-state index is 12.2. The molecule has 0 aromatic heterocycles. The van der Waals surface area contributed by atoms with Crippen molar-refractivity contribution in [2.75, 3.05) is 11.1 Å². The Bertz CT molecular complexity index is 652. The predicted molar refractivity (Wildman–Crippen MR) is 96.5 cm³/mol. The highest BCUT2D eigenvalue weighted by Gasteiger charge is 2.08. The summed E-state index contributed by atoms with van der Waals surface area (Å²) in [5.74, 6) is 1.41. The first-order chi connectivity index (χ1) is 10.6. The van der Waals surface area contributed by atoms with E-state index < -0.39 is 0 Å². The molecule has 0 aliphatic carbocycles. The maximum absolute atomic E-state index is 12.2. The van der Waals surface area contributed by atoms with Crippen molar-refractivity contribution in [2.24, 2.45) is 0 Å². The lowest BCUT2D eigenvalue weighted by Crippen LogP contribution is -2.16. The zero-order valence-corrected chi connectivity index (χ0v) is 14.3. The molecule has 1 N–H and O–H groups in total. The van der Waals surface area contributed by atoms with E-state index in [9.17, 15) is 4.79 Å². The molecule has 0 bridgehead atoms. The van der Waals surface area contributed by atoms with Crippen molar-refractivity contribution in [3.63, 3.8) is 0 Å². The number of nitrogens with one attached hydrogen (secondary N) is 1. The molecule has 2 rings (SSSR count). The van der Waals surface area contributed by atoms with Gasteiger partial charge in [-0.15, -0.1) is 11.8 Å². The summed E-state index contributed by atoms with van der Waals surface area (Å²) in [7, 11) is 0. The highest BCUT2D eigenvalue weighted by Crippen LogP contribution is 2.21. The third-order valence-corrected chi connectivity index (χ3v) is 4.59. The van der Waals surface area contributed by atoms with Crippen molar-refractivity contribution < 1.29 is 4.79 Å². The Morgan fingerprint density at radius 3 is 2.64 bits per heavy atom. The molecule has 0 spiro atoms. The number of anilines is 1. The molecule has 2 aromatic rings. The van der Waals surface area contributed by atoms with Gasteiger partial charge in [0.25, 0.3) is 0 Å².